The summed E-state index contributed by atoms with van der Waals surface area (Å²) in [4.78, 5) is 0.0439. The van der Waals surface area contributed by atoms with Crippen LogP contribution < -0.4 is 5.14 Å². The number of fused-ring (bicyclic) bond motifs is 1. The Morgan fingerprint density at radius 1 is 1.33 bits per heavy atom. The second kappa shape index (κ2) is 3.83. The number of primary sulfonamides is 1. The second-order valence-electron chi connectivity index (χ2n) is 3.57. The van der Waals surface area contributed by atoms with Crippen molar-refractivity contribution in [3.8, 4) is 10.7 Å². The van der Waals surface area contributed by atoms with Crippen molar-refractivity contribution < 1.29 is 8.42 Å². The van der Waals surface area contributed by atoms with Crippen LogP contribution >= 0.6 is 11.3 Å². The Labute approximate surface area is 106 Å². The van der Waals surface area contributed by atoms with Crippen LogP contribution in [-0.4, -0.2) is 28.8 Å². The molecule has 9 heteroatoms. The fraction of sp³-hybridized carbons (Fsp3) is 0. The van der Waals surface area contributed by atoms with Gasteiger partial charge in [0.25, 0.3) is 0 Å². The van der Waals surface area contributed by atoms with Crippen LogP contribution in [0.5, 0.6) is 0 Å². The number of hydrogen-bond donors (Lipinski definition) is 2. The summed E-state index contributed by atoms with van der Waals surface area (Å²) in [5.74, 6) is 0. The molecule has 0 amide bonds. The van der Waals surface area contributed by atoms with E-state index in [2.05, 4.69) is 20.4 Å². The molecule has 92 valence electrons. The van der Waals surface area contributed by atoms with Gasteiger partial charge in [0.1, 0.15) is 11.2 Å². The van der Waals surface area contributed by atoms with Crippen molar-refractivity contribution in [3.63, 3.8) is 0 Å². The number of nitrogens with one attached hydrogen (secondary N) is 1. The molecule has 3 N–H and O–H groups in total. The lowest BCUT2D eigenvalue weighted by Gasteiger charge is -1.97. The molecule has 0 unspecified atom stereocenters. The van der Waals surface area contributed by atoms with Crippen molar-refractivity contribution in [2.75, 3.05) is 0 Å². The third-order valence-electron chi connectivity index (χ3n) is 2.43. The monoisotopic (exact) mass is 281 g/mol. The molecule has 0 aliphatic carbocycles. The molecular weight excluding hydrogens is 274 g/mol. The van der Waals surface area contributed by atoms with E-state index in [1.165, 1.54) is 23.5 Å². The van der Waals surface area contributed by atoms with Crippen molar-refractivity contribution in [3.05, 3.63) is 23.7 Å². The molecule has 0 bridgehead atoms. The molecule has 0 fully saturated rings. The van der Waals surface area contributed by atoms with E-state index >= 15 is 0 Å². The Balaban J connectivity index is 2.23. The minimum atomic E-state index is -3.71. The summed E-state index contributed by atoms with van der Waals surface area (Å²) in [6, 6.07) is 4.54. The first-order valence-electron chi connectivity index (χ1n) is 4.83. The Bertz CT molecular complexity index is 807. The van der Waals surface area contributed by atoms with Crippen LogP contribution in [0.4, 0.5) is 0 Å². The molecule has 3 rings (SSSR count). The molecule has 0 saturated carbocycles. The first-order valence-corrected chi connectivity index (χ1v) is 7.26. The first-order chi connectivity index (χ1) is 8.55. The second-order valence-corrected chi connectivity index (χ2v) is 5.96. The van der Waals surface area contributed by atoms with Crippen LogP contribution in [0.2, 0.25) is 0 Å². The van der Waals surface area contributed by atoms with E-state index in [9.17, 15) is 8.42 Å². The molecule has 2 aromatic heterocycles. The highest BCUT2D eigenvalue weighted by atomic mass is 32.2. The van der Waals surface area contributed by atoms with Crippen molar-refractivity contribution in [1.82, 2.24) is 20.4 Å². The largest absolute Gasteiger partial charge is 0.277 e. The summed E-state index contributed by atoms with van der Waals surface area (Å²) in [6.07, 6.45) is 0. The van der Waals surface area contributed by atoms with Crippen LogP contribution in [0.1, 0.15) is 0 Å². The zero-order valence-corrected chi connectivity index (χ0v) is 10.5. The highest BCUT2D eigenvalue weighted by Crippen LogP contribution is 2.28. The minimum Gasteiger partial charge on any atom is -0.277 e. The van der Waals surface area contributed by atoms with Gasteiger partial charge in [0, 0.05) is 5.39 Å². The highest BCUT2D eigenvalue weighted by molar-refractivity contribution is 7.89. The molecule has 0 saturated heterocycles. The number of hydrogen-bond acceptors (Lipinski definition) is 6. The Morgan fingerprint density at radius 3 is 2.83 bits per heavy atom. The van der Waals surface area contributed by atoms with Gasteiger partial charge in [-0.3, -0.25) is 5.10 Å². The average molecular weight is 281 g/mol. The van der Waals surface area contributed by atoms with E-state index in [1.807, 2.05) is 0 Å². The molecule has 7 nitrogen and oxygen atoms in total. The lowest BCUT2D eigenvalue weighted by Crippen LogP contribution is -2.11. The van der Waals surface area contributed by atoms with Gasteiger partial charge in [-0.25, -0.2) is 13.6 Å². The molecule has 0 radical (unpaired) electrons. The van der Waals surface area contributed by atoms with Gasteiger partial charge in [0.05, 0.1) is 10.4 Å². The maximum absolute atomic E-state index is 11.2. The summed E-state index contributed by atoms with van der Waals surface area (Å²) in [7, 11) is -3.71. The summed E-state index contributed by atoms with van der Waals surface area (Å²) < 4.78 is 22.5. The highest BCUT2D eigenvalue weighted by Gasteiger charge is 2.14. The van der Waals surface area contributed by atoms with E-state index in [0.29, 0.717) is 16.2 Å². The Kier molecular flexibility index (Phi) is 2.40. The zero-order valence-electron chi connectivity index (χ0n) is 8.86. The summed E-state index contributed by atoms with van der Waals surface area (Å²) in [5, 5.41) is 21.0. The third-order valence-corrected chi connectivity index (χ3v) is 4.03. The SMILES string of the molecule is NS(=O)(=O)c1ccc2c(-c3nncs3)n[nH]c2c1. The number of rotatable bonds is 2. The van der Waals surface area contributed by atoms with Gasteiger partial charge < -0.3 is 0 Å². The predicted octanol–water partition coefficient (Wildman–Crippen LogP) is 0.729. The number of sulfonamides is 1. The summed E-state index contributed by atoms with van der Waals surface area (Å²) in [5.41, 5.74) is 2.84. The molecular formula is C9H7N5O2S2. The smallest absolute Gasteiger partial charge is 0.238 e. The van der Waals surface area contributed by atoms with E-state index in [0.717, 1.165) is 5.39 Å². The molecule has 1 aromatic carbocycles. The summed E-state index contributed by atoms with van der Waals surface area (Å²) >= 11 is 1.36. The molecule has 2 heterocycles. The number of nitrogens with zero attached hydrogens (tertiary/aromatic N) is 3. The van der Waals surface area contributed by atoms with Gasteiger partial charge in [-0.15, -0.1) is 10.2 Å². The quantitative estimate of drug-likeness (QED) is 0.718. The van der Waals surface area contributed by atoms with Crippen LogP contribution in [0.3, 0.4) is 0 Å². The number of aromatic amines is 1. The van der Waals surface area contributed by atoms with Crippen molar-refractivity contribution in [2.45, 2.75) is 4.90 Å². The Hall–Kier alpha value is -1.84. The van der Waals surface area contributed by atoms with Crippen molar-refractivity contribution in [1.29, 1.82) is 0 Å². The maximum Gasteiger partial charge on any atom is 0.238 e. The van der Waals surface area contributed by atoms with Gasteiger partial charge in [-0.2, -0.15) is 5.10 Å². The zero-order chi connectivity index (χ0) is 12.8. The molecule has 18 heavy (non-hydrogen) atoms. The predicted molar refractivity (Wildman–Crippen MR) is 66.4 cm³/mol. The first kappa shape index (κ1) is 11.3. The maximum atomic E-state index is 11.2. The van der Waals surface area contributed by atoms with Gasteiger partial charge in [-0.05, 0) is 18.2 Å². The van der Waals surface area contributed by atoms with Gasteiger partial charge in [-0.1, -0.05) is 11.3 Å². The standard InChI is InChI=1S/C9H7N5O2S2/c10-18(15,16)5-1-2-6-7(3-5)12-13-8(6)9-14-11-4-17-9/h1-4H,(H,12,13)(H2,10,15,16). The third kappa shape index (κ3) is 1.78. The van der Waals surface area contributed by atoms with E-state index in [-0.39, 0.29) is 4.90 Å². The topological polar surface area (TPSA) is 115 Å². The molecule has 0 aliphatic heterocycles. The normalized spacial score (nSPS) is 12.1. The summed E-state index contributed by atoms with van der Waals surface area (Å²) in [6.45, 7) is 0. The van der Waals surface area contributed by atoms with Crippen molar-refractivity contribution >= 4 is 32.3 Å². The van der Waals surface area contributed by atoms with Gasteiger partial charge >= 0.3 is 0 Å². The minimum absolute atomic E-state index is 0.0439. The van der Waals surface area contributed by atoms with Crippen LogP contribution in [0.15, 0.2) is 28.6 Å². The molecule has 0 spiro atoms. The lowest BCUT2D eigenvalue weighted by molar-refractivity contribution is 0.598. The van der Waals surface area contributed by atoms with Gasteiger partial charge in [0.15, 0.2) is 5.01 Å². The lowest BCUT2D eigenvalue weighted by atomic mass is 10.2. The fourth-order valence-electron chi connectivity index (χ4n) is 1.61. The Morgan fingerprint density at radius 2 is 2.17 bits per heavy atom. The van der Waals surface area contributed by atoms with Crippen LogP contribution in [0.25, 0.3) is 21.6 Å². The number of nitrogens with two attached hydrogens (primary N) is 1. The molecule has 3 aromatic rings. The number of benzene rings is 1. The van der Waals surface area contributed by atoms with Crippen molar-refractivity contribution in [2.24, 2.45) is 5.14 Å². The van der Waals surface area contributed by atoms with Gasteiger partial charge in [0.2, 0.25) is 10.0 Å². The van der Waals surface area contributed by atoms with Crippen LogP contribution in [-0.2, 0) is 10.0 Å². The average Bonchev–Trinajstić information content (AvgIpc) is 2.95. The fourth-order valence-corrected chi connectivity index (χ4v) is 2.71. The number of aromatic nitrogens is 4. The van der Waals surface area contributed by atoms with E-state index in [4.69, 9.17) is 5.14 Å². The number of H-pyrrole nitrogens is 1. The van der Waals surface area contributed by atoms with E-state index in [1.54, 1.807) is 11.6 Å². The van der Waals surface area contributed by atoms with Crippen LogP contribution in [0, 0.1) is 0 Å². The molecule has 0 aliphatic rings. The van der Waals surface area contributed by atoms with E-state index < -0.39 is 10.0 Å². The molecule has 0 atom stereocenters.